The number of fused-ring (bicyclic) bond motifs is 1. The zero-order valence-corrected chi connectivity index (χ0v) is 17.0. The van der Waals surface area contributed by atoms with E-state index in [1.165, 1.54) is 17.0 Å². The van der Waals surface area contributed by atoms with Crippen LogP contribution in [0.2, 0.25) is 5.02 Å². The van der Waals surface area contributed by atoms with E-state index in [0.717, 1.165) is 16.5 Å². The fourth-order valence-corrected chi connectivity index (χ4v) is 3.36. The quantitative estimate of drug-likeness (QED) is 0.593. The van der Waals surface area contributed by atoms with E-state index in [1.54, 1.807) is 25.2 Å². The molecule has 1 amide bonds. The number of hydrogen-bond acceptors (Lipinski definition) is 4. The van der Waals surface area contributed by atoms with Crippen LogP contribution in [0.15, 0.2) is 45.9 Å². The van der Waals surface area contributed by atoms with Crippen LogP contribution in [-0.4, -0.2) is 27.4 Å². The zero-order valence-electron chi connectivity index (χ0n) is 14.6. The lowest BCUT2D eigenvalue weighted by Crippen LogP contribution is -2.33. The van der Waals surface area contributed by atoms with E-state index in [4.69, 9.17) is 16.9 Å². The molecule has 0 aliphatic heterocycles. The lowest BCUT2D eigenvalue weighted by Gasteiger charge is -2.18. The Balaban J connectivity index is 1.81. The second kappa shape index (κ2) is 8.09. The van der Waals surface area contributed by atoms with E-state index in [-0.39, 0.29) is 29.9 Å². The largest absolute Gasteiger partial charge is 0.340 e. The number of hydrogen-bond donors (Lipinski definition) is 0. The molecule has 2 aromatic carbocycles. The minimum absolute atomic E-state index is 0.0440. The van der Waals surface area contributed by atoms with Gasteiger partial charge in [0.2, 0.25) is 5.91 Å². The zero-order chi connectivity index (χ0) is 20.4. The molecule has 0 spiro atoms. The molecule has 0 saturated carbocycles. The molecular weight excluding hydrogens is 451 g/mol. The van der Waals surface area contributed by atoms with Gasteiger partial charge in [-0.1, -0.05) is 33.6 Å². The molecule has 0 aliphatic carbocycles. The summed E-state index contributed by atoms with van der Waals surface area (Å²) in [4.78, 5) is 30.5. The maximum Gasteiger partial charge on any atom is 0.261 e. The molecule has 0 atom stereocenters. The van der Waals surface area contributed by atoms with Crippen LogP contribution in [0.5, 0.6) is 0 Å². The van der Waals surface area contributed by atoms with Crippen molar-refractivity contribution in [1.82, 2.24) is 14.5 Å². The van der Waals surface area contributed by atoms with Crippen LogP contribution in [0, 0.1) is 17.1 Å². The van der Waals surface area contributed by atoms with Crippen LogP contribution in [0.1, 0.15) is 11.1 Å². The number of benzene rings is 2. The van der Waals surface area contributed by atoms with Crippen LogP contribution in [0.3, 0.4) is 0 Å². The summed E-state index contributed by atoms with van der Waals surface area (Å²) in [6.07, 6.45) is 1.16. The van der Waals surface area contributed by atoms with Gasteiger partial charge >= 0.3 is 0 Å². The van der Waals surface area contributed by atoms with Crippen molar-refractivity contribution in [1.29, 1.82) is 5.26 Å². The number of amides is 1. The van der Waals surface area contributed by atoms with Crippen molar-refractivity contribution in [3.63, 3.8) is 0 Å². The molecule has 0 radical (unpaired) electrons. The highest BCUT2D eigenvalue weighted by Gasteiger charge is 2.15. The summed E-state index contributed by atoms with van der Waals surface area (Å²) in [5, 5.41) is 9.31. The van der Waals surface area contributed by atoms with Crippen LogP contribution in [-0.2, 0) is 17.9 Å². The van der Waals surface area contributed by atoms with Crippen LogP contribution < -0.4 is 5.56 Å². The molecule has 1 aromatic heterocycles. The Hall–Kier alpha value is -2.76. The molecule has 142 valence electrons. The van der Waals surface area contributed by atoms with Gasteiger partial charge in [0.15, 0.2) is 5.82 Å². The summed E-state index contributed by atoms with van der Waals surface area (Å²) in [7, 11) is 1.59. The number of carbonyl (C=O) groups excluding carboxylic acids is 1. The second-order valence-electron chi connectivity index (χ2n) is 6.14. The topological polar surface area (TPSA) is 79.0 Å². The Labute approximate surface area is 172 Å². The molecule has 0 bridgehead atoms. The van der Waals surface area contributed by atoms with E-state index in [1.807, 2.05) is 6.07 Å². The van der Waals surface area contributed by atoms with Gasteiger partial charge in [-0.25, -0.2) is 9.37 Å². The fraction of sp³-hybridized carbons (Fsp3) is 0.158. The van der Waals surface area contributed by atoms with Crippen molar-refractivity contribution >= 4 is 44.3 Å². The molecular formula is C19H13BrClFN4O2. The molecule has 9 heteroatoms. The first-order valence-corrected chi connectivity index (χ1v) is 9.24. The van der Waals surface area contributed by atoms with Gasteiger partial charge in [-0.3, -0.25) is 14.2 Å². The Morgan fingerprint density at radius 3 is 2.82 bits per heavy atom. The van der Waals surface area contributed by atoms with Crippen molar-refractivity contribution in [2.24, 2.45) is 0 Å². The van der Waals surface area contributed by atoms with Crippen LogP contribution in [0.4, 0.5) is 4.39 Å². The van der Waals surface area contributed by atoms with Gasteiger partial charge in [0.05, 0.1) is 22.3 Å². The Morgan fingerprint density at radius 2 is 2.14 bits per heavy atom. The first-order valence-electron chi connectivity index (χ1n) is 8.07. The average molecular weight is 464 g/mol. The van der Waals surface area contributed by atoms with E-state index < -0.39 is 11.4 Å². The van der Waals surface area contributed by atoms with Gasteiger partial charge in [0.1, 0.15) is 18.1 Å². The molecule has 0 aliphatic rings. The molecule has 3 rings (SSSR count). The van der Waals surface area contributed by atoms with E-state index in [9.17, 15) is 14.0 Å². The number of nitrogens with zero attached hydrogens (tertiary/aromatic N) is 4. The third kappa shape index (κ3) is 4.06. The average Bonchev–Trinajstić information content (AvgIpc) is 2.64. The van der Waals surface area contributed by atoms with Crippen LogP contribution >= 0.6 is 27.5 Å². The lowest BCUT2D eigenvalue weighted by atomic mass is 10.1. The number of rotatable bonds is 4. The van der Waals surface area contributed by atoms with Crippen molar-refractivity contribution in [2.75, 3.05) is 7.05 Å². The third-order valence-electron chi connectivity index (χ3n) is 4.15. The molecule has 6 nitrogen and oxygen atoms in total. The monoisotopic (exact) mass is 462 g/mol. The number of nitriles is 1. The number of aromatic nitrogens is 2. The number of halogens is 3. The van der Waals surface area contributed by atoms with E-state index in [2.05, 4.69) is 20.9 Å². The third-order valence-corrected chi connectivity index (χ3v) is 4.92. The van der Waals surface area contributed by atoms with Crippen molar-refractivity contribution < 1.29 is 9.18 Å². The maximum atomic E-state index is 13.9. The van der Waals surface area contributed by atoms with Gasteiger partial charge < -0.3 is 4.90 Å². The van der Waals surface area contributed by atoms with Gasteiger partial charge in [0.25, 0.3) is 5.56 Å². The molecule has 1 heterocycles. The highest BCUT2D eigenvalue weighted by molar-refractivity contribution is 9.10. The second-order valence-corrected chi connectivity index (χ2v) is 7.46. The minimum Gasteiger partial charge on any atom is -0.340 e. The summed E-state index contributed by atoms with van der Waals surface area (Å²) in [6, 6.07) is 9.57. The van der Waals surface area contributed by atoms with Gasteiger partial charge in [-0.2, -0.15) is 5.26 Å². The van der Waals surface area contributed by atoms with Gasteiger partial charge in [-0.15, -0.1) is 0 Å². The molecule has 0 N–H and O–H groups in total. The summed E-state index contributed by atoms with van der Waals surface area (Å²) >= 11 is 9.16. The molecule has 0 unspecified atom stereocenters. The Kier molecular flexibility index (Phi) is 5.77. The standard InChI is InChI=1S/C19H13BrClFN4O2/c1-25(8-11-2-3-12(7-23)15(21)4-11)17(27)9-26-10-24-18-14(19(26)28)5-13(20)6-16(18)22/h2-6,10H,8-9H2,1H3. The predicted octanol–water partition coefficient (Wildman–Crippen LogP) is 3.48. The minimum atomic E-state index is -0.616. The lowest BCUT2D eigenvalue weighted by molar-refractivity contribution is -0.131. The first kappa shape index (κ1) is 20.0. The SMILES string of the molecule is CN(Cc1ccc(C#N)c(Cl)c1)C(=O)Cn1cnc2c(F)cc(Br)cc2c1=O. The summed E-state index contributed by atoms with van der Waals surface area (Å²) in [5.41, 5.74) is 0.548. The summed E-state index contributed by atoms with van der Waals surface area (Å²) < 4.78 is 15.5. The van der Waals surface area contributed by atoms with Crippen molar-refractivity contribution in [3.05, 3.63) is 73.5 Å². The molecule has 3 aromatic rings. The van der Waals surface area contributed by atoms with Gasteiger partial charge in [0, 0.05) is 18.1 Å². The predicted molar refractivity (Wildman–Crippen MR) is 106 cm³/mol. The van der Waals surface area contributed by atoms with E-state index in [0.29, 0.717) is 15.1 Å². The number of likely N-dealkylation sites (N-methyl/N-ethyl adjacent to an activating group) is 1. The first-order chi connectivity index (χ1) is 13.3. The number of carbonyl (C=O) groups is 1. The molecule has 0 saturated heterocycles. The molecule has 0 fully saturated rings. The van der Waals surface area contributed by atoms with Crippen molar-refractivity contribution in [2.45, 2.75) is 13.1 Å². The normalized spacial score (nSPS) is 10.7. The smallest absolute Gasteiger partial charge is 0.261 e. The Bertz CT molecular complexity index is 1190. The van der Waals surface area contributed by atoms with E-state index >= 15 is 0 Å². The Morgan fingerprint density at radius 1 is 1.39 bits per heavy atom. The van der Waals surface area contributed by atoms with Crippen LogP contribution in [0.25, 0.3) is 10.9 Å². The highest BCUT2D eigenvalue weighted by atomic mass is 79.9. The summed E-state index contributed by atoms with van der Waals surface area (Å²) in [5.74, 6) is -0.950. The van der Waals surface area contributed by atoms with Gasteiger partial charge in [-0.05, 0) is 29.8 Å². The summed E-state index contributed by atoms with van der Waals surface area (Å²) in [6.45, 7) is 0.0105. The molecule has 28 heavy (non-hydrogen) atoms. The van der Waals surface area contributed by atoms with Crippen molar-refractivity contribution in [3.8, 4) is 6.07 Å². The maximum absolute atomic E-state index is 13.9. The fourth-order valence-electron chi connectivity index (χ4n) is 2.68. The highest BCUT2D eigenvalue weighted by Crippen LogP contribution is 2.19.